The van der Waals surface area contributed by atoms with Crippen LogP contribution in [0, 0.1) is 29.1 Å². The maximum atomic E-state index is 11.8. The molecule has 4 atom stereocenters. The Hall–Kier alpha value is -1.06. The first kappa shape index (κ1) is 11.4. The van der Waals surface area contributed by atoms with Crippen LogP contribution >= 0.6 is 0 Å². The van der Waals surface area contributed by atoms with Gasteiger partial charge in [0, 0.05) is 6.54 Å². The lowest BCUT2D eigenvalue weighted by molar-refractivity contribution is -0.140. The van der Waals surface area contributed by atoms with Crippen molar-refractivity contribution in [1.82, 2.24) is 5.32 Å². The molecule has 2 saturated carbocycles. The quantitative estimate of drug-likeness (QED) is 0.753. The molecule has 0 spiro atoms. The minimum Gasteiger partial charge on any atom is -0.481 e. The summed E-state index contributed by atoms with van der Waals surface area (Å²) >= 11 is 0. The minimum atomic E-state index is -0.857. The fraction of sp³-hybridized carbons (Fsp3) is 0.833. The van der Waals surface area contributed by atoms with Gasteiger partial charge in [-0.25, -0.2) is 0 Å². The molecule has 2 rings (SSSR count). The number of carbonyl (C=O) groups is 2. The highest BCUT2D eigenvalue weighted by molar-refractivity contribution is 5.91. The van der Waals surface area contributed by atoms with E-state index in [1.807, 2.05) is 13.8 Å². The monoisotopic (exact) mass is 225 g/mol. The van der Waals surface area contributed by atoms with Gasteiger partial charge in [0.1, 0.15) is 0 Å². The molecule has 2 aliphatic carbocycles. The van der Waals surface area contributed by atoms with E-state index in [1.54, 1.807) is 0 Å². The van der Waals surface area contributed by atoms with Crippen molar-refractivity contribution in [3.05, 3.63) is 0 Å². The van der Waals surface area contributed by atoms with Crippen LogP contribution in [0.3, 0.4) is 0 Å². The van der Waals surface area contributed by atoms with Crippen molar-refractivity contribution in [1.29, 1.82) is 0 Å². The van der Waals surface area contributed by atoms with E-state index in [2.05, 4.69) is 12.2 Å². The standard InChI is InChI=1S/C12H19NO3/c1-6-4-7(6)5-13-10(14)8-9(11(15)16)12(8,2)3/h6-9H,4-5H2,1-3H3,(H,13,14)(H,15,16)/t6?,7?,8-,9+/m1/s1. The van der Waals surface area contributed by atoms with E-state index < -0.39 is 11.9 Å². The number of rotatable bonds is 4. The number of carboxylic acids is 1. The van der Waals surface area contributed by atoms with Crippen LogP contribution in [0.15, 0.2) is 0 Å². The molecule has 2 N–H and O–H groups in total. The lowest BCUT2D eigenvalue weighted by Gasteiger charge is -2.04. The second kappa shape index (κ2) is 3.47. The van der Waals surface area contributed by atoms with Gasteiger partial charge in [-0.15, -0.1) is 0 Å². The Morgan fingerprint density at radius 1 is 1.38 bits per heavy atom. The van der Waals surface area contributed by atoms with Gasteiger partial charge in [-0.2, -0.15) is 0 Å². The SMILES string of the molecule is CC1CC1CNC(=O)[C@H]1[C@@H](C(=O)O)C1(C)C. The summed E-state index contributed by atoms with van der Waals surface area (Å²) in [5, 5.41) is 11.8. The third kappa shape index (κ3) is 1.81. The zero-order chi connectivity index (χ0) is 12.1. The molecule has 0 radical (unpaired) electrons. The molecule has 90 valence electrons. The normalized spacial score (nSPS) is 38.9. The lowest BCUT2D eigenvalue weighted by Crippen LogP contribution is -2.29. The third-order valence-corrected chi connectivity index (χ3v) is 4.19. The van der Waals surface area contributed by atoms with E-state index in [0.717, 1.165) is 0 Å². The first-order valence-electron chi connectivity index (χ1n) is 5.86. The van der Waals surface area contributed by atoms with Gasteiger partial charge in [0.25, 0.3) is 0 Å². The molecule has 0 aromatic rings. The van der Waals surface area contributed by atoms with Gasteiger partial charge in [0.05, 0.1) is 11.8 Å². The molecule has 4 nitrogen and oxygen atoms in total. The molecule has 0 saturated heterocycles. The molecule has 0 bridgehead atoms. The van der Waals surface area contributed by atoms with Crippen LogP contribution in [0.2, 0.25) is 0 Å². The van der Waals surface area contributed by atoms with Crippen molar-refractivity contribution in [3.8, 4) is 0 Å². The Kier molecular flexibility index (Phi) is 2.48. The molecule has 4 heteroatoms. The number of nitrogens with one attached hydrogen (secondary N) is 1. The second-order valence-electron chi connectivity index (χ2n) is 5.83. The van der Waals surface area contributed by atoms with Crippen molar-refractivity contribution in [2.75, 3.05) is 6.54 Å². The van der Waals surface area contributed by atoms with Crippen LogP contribution in [0.25, 0.3) is 0 Å². The number of hydrogen-bond acceptors (Lipinski definition) is 2. The van der Waals surface area contributed by atoms with Gasteiger partial charge < -0.3 is 10.4 Å². The minimum absolute atomic E-state index is 0.0866. The number of amides is 1. The van der Waals surface area contributed by atoms with Crippen LogP contribution < -0.4 is 5.32 Å². The summed E-state index contributed by atoms with van der Waals surface area (Å²) in [7, 11) is 0. The molecule has 2 aliphatic rings. The molecular weight excluding hydrogens is 206 g/mol. The van der Waals surface area contributed by atoms with Crippen molar-refractivity contribution >= 4 is 11.9 Å². The summed E-state index contributed by atoms with van der Waals surface area (Å²) in [5.41, 5.74) is -0.384. The molecular formula is C12H19NO3. The van der Waals surface area contributed by atoms with Gasteiger partial charge in [-0.05, 0) is 23.7 Å². The van der Waals surface area contributed by atoms with Crippen LogP contribution in [0.4, 0.5) is 0 Å². The summed E-state index contributed by atoms with van der Waals surface area (Å²) in [6, 6.07) is 0. The Morgan fingerprint density at radius 2 is 1.94 bits per heavy atom. The lowest BCUT2D eigenvalue weighted by atomic mass is 10.1. The van der Waals surface area contributed by atoms with Crippen LogP contribution in [-0.4, -0.2) is 23.5 Å². The maximum absolute atomic E-state index is 11.8. The summed E-state index contributed by atoms with van der Waals surface area (Å²) < 4.78 is 0. The first-order chi connectivity index (χ1) is 7.35. The van der Waals surface area contributed by atoms with Crippen LogP contribution in [0.1, 0.15) is 27.2 Å². The van der Waals surface area contributed by atoms with Crippen molar-refractivity contribution in [2.24, 2.45) is 29.1 Å². The molecule has 1 amide bonds. The molecule has 2 unspecified atom stereocenters. The maximum Gasteiger partial charge on any atom is 0.307 e. The van der Waals surface area contributed by atoms with Gasteiger partial charge >= 0.3 is 5.97 Å². The van der Waals surface area contributed by atoms with Crippen molar-refractivity contribution in [3.63, 3.8) is 0 Å². The smallest absolute Gasteiger partial charge is 0.307 e. The second-order valence-corrected chi connectivity index (χ2v) is 5.83. The summed E-state index contributed by atoms with van der Waals surface area (Å²) in [5.74, 6) is -0.485. The van der Waals surface area contributed by atoms with Crippen LogP contribution in [0.5, 0.6) is 0 Å². The Bertz CT molecular complexity index is 337. The fourth-order valence-electron chi connectivity index (χ4n) is 2.61. The number of hydrogen-bond donors (Lipinski definition) is 2. The topological polar surface area (TPSA) is 66.4 Å². The van der Waals surface area contributed by atoms with Gasteiger partial charge in [0.15, 0.2) is 0 Å². The van der Waals surface area contributed by atoms with Gasteiger partial charge in [-0.1, -0.05) is 20.8 Å². The largest absolute Gasteiger partial charge is 0.481 e. The van der Waals surface area contributed by atoms with E-state index in [-0.39, 0.29) is 17.2 Å². The molecule has 2 fully saturated rings. The van der Waals surface area contributed by atoms with E-state index in [1.165, 1.54) is 6.42 Å². The van der Waals surface area contributed by atoms with Crippen LogP contribution in [-0.2, 0) is 9.59 Å². The average molecular weight is 225 g/mol. The van der Waals surface area contributed by atoms with E-state index in [4.69, 9.17) is 5.11 Å². The zero-order valence-corrected chi connectivity index (χ0v) is 9.99. The predicted octanol–water partition coefficient (Wildman–Crippen LogP) is 1.12. The number of carboxylic acid groups (broad SMARTS) is 1. The van der Waals surface area contributed by atoms with Gasteiger partial charge in [-0.3, -0.25) is 9.59 Å². The fourth-order valence-corrected chi connectivity index (χ4v) is 2.61. The average Bonchev–Trinajstić information content (AvgIpc) is 2.99. The predicted molar refractivity (Wildman–Crippen MR) is 58.7 cm³/mol. The zero-order valence-electron chi connectivity index (χ0n) is 9.99. The highest BCUT2D eigenvalue weighted by Gasteiger charge is 2.65. The van der Waals surface area contributed by atoms with Gasteiger partial charge in [0.2, 0.25) is 5.91 Å². The summed E-state index contributed by atoms with van der Waals surface area (Å²) in [6.07, 6.45) is 1.18. The Labute approximate surface area is 95.4 Å². The molecule has 0 aromatic carbocycles. The highest BCUT2D eigenvalue weighted by atomic mass is 16.4. The molecule has 0 aromatic heterocycles. The molecule has 0 heterocycles. The van der Waals surface area contributed by atoms with E-state index >= 15 is 0 Å². The Balaban J connectivity index is 1.84. The summed E-state index contributed by atoms with van der Waals surface area (Å²) in [6.45, 7) is 6.56. The van der Waals surface area contributed by atoms with E-state index in [9.17, 15) is 9.59 Å². The third-order valence-electron chi connectivity index (χ3n) is 4.19. The highest BCUT2D eigenvalue weighted by Crippen LogP contribution is 2.58. The van der Waals surface area contributed by atoms with Crippen molar-refractivity contribution in [2.45, 2.75) is 27.2 Å². The summed E-state index contributed by atoms with van der Waals surface area (Å²) in [4.78, 5) is 22.7. The first-order valence-corrected chi connectivity index (χ1v) is 5.86. The van der Waals surface area contributed by atoms with Crippen molar-refractivity contribution < 1.29 is 14.7 Å². The molecule has 0 aliphatic heterocycles. The van der Waals surface area contributed by atoms with E-state index in [0.29, 0.717) is 18.4 Å². The number of aliphatic carboxylic acids is 1. The molecule has 16 heavy (non-hydrogen) atoms. The Morgan fingerprint density at radius 3 is 2.31 bits per heavy atom. The number of carbonyl (C=O) groups excluding carboxylic acids is 1.